The topological polar surface area (TPSA) is 95.9 Å². The van der Waals surface area contributed by atoms with Gasteiger partial charge in [0.25, 0.3) is 0 Å². The predicted molar refractivity (Wildman–Crippen MR) is 218 cm³/mol. The average molecular weight is 720 g/mol. The van der Waals surface area contributed by atoms with Crippen molar-refractivity contribution in [3.8, 4) is 0 Å². The number of esters is 1. The Balaban J connectivity index is 3.53. The quantitative estimate of drug-likeness (QED) is 0.0333. The maximum Gasteiger partial charge on any atom is 0.305 e. The van der Waals surface area contributed by atoms with Crippen LogP contribution >= 0.6 is 0 Å². The van der Waals surface area contributed by atoms with Gasteiger partial charge in [0.1, 0.15) is 0 Å². The Kier molecular flexibility index (Phi) is 39.8. The predicted octanol–water partition coefficient (Wildman–Crippen LogP) is 12.4. The molecule has 0 aliphatic rings. The molecule has 0 saturated carbocycles. The van der Waals surface area contributed by atoms with Crippen LogP contribution in [0.3, 0.4) is 0 Å². The van der Waals surface area contributed by atoms with Crippen molar-refractivity contribution in [2.24, 2.45) is 0 Å². The van der Waals surface area contributed by atoms with Gasteiger partial charge < -0.3 is 20.3 Å². The molecule has 3 N–H and O–H groups in total. The summed E-state index contributed by atoms with van der Waals surface area (Å²) in [4.78, 5) is 24.3. The van der Waals surface area contributed by atoms with Crippen molar-refractivity contribution in [3.05, 3.63) is 24.3 Å². The van der Waals surface area contributed by atoms with Crippen LogP contribution in [0.5, 0.6) is 0 Å². The second-order valence-electron chi connectivity index (χ2n) is 15.0. The minimum Gasteiger partial charge on any atom is -0.466 e. The number of hydrogen-bond acceptors (Lipinski definition) is 5. The van der Waals surface area contributed by atoms with Crippen LogP contribution in [-0.2, 0) is 14.3 Å². The van der Waals surface area contributed by atoms with Crippen LogP contribution in [-0.4, -0.2) is 47.4 Å². The number of unbranched alkanes of at least 4 members (excludes halogenated alkanes) is 25. The Hall–Kier alpha value is -1.66. The Morgan fingerprint density at radius 3 is 1.41 bits per heavy atom. The first-order valence-corrected chi connectivity index (χ1v) is 22.1. The van der Waals surface area contributed by atoms with E-state index in [9.17, 15) is 19.8 Å². The fourth-order valence-corrected chi connectivity index (χ4v) is 6.51. The minimum atomic E-state index is -0.680. The highest BCUT2D eigenvalue weighted by molar-refractivity contribution is 5.76. The highest BCUT2D eigenvalue weighted by Gasteiger charge is 2.20. The monoisotopic (exact) mass is 720 g/mol. The Morgan fingerprint density at radius 2 is 0.922 bits per heavy atom. The fraction of sp³-hybridized carbons (Fsp3) is 0.867. The average Bonchev–Trinajstić information content (AvgIpc) is 3.13. The summed E-state index contributed by atoms with van der Waals surface area (Å²) < 4.78 is 5.41. The van der Waals surface area contributed by atoms with Crippen molar-refractivity contribution >= 4 is 11.9 Å². The first-order valence-electron chi connectivity index (χ1n) is 22.1. The molecule has 0 fully saturated rings. The SMILES string of the molecule is CCCCCC/C=C\CCCCCCCC(=O)OCCCC/C=C\CCCCCCCC(=O)NC(CO)C(O)CCCCCCCCCCCC. The largest absolute Gasteiger partial charge is 0.466 e. The number of aliphatic hydroxyl groups excluding tert-OH is 2. The smallest absolute Gasteiger partial charge is 0.305 e. The van der Waals surface area contributed by atoms with Crippen LogP contribution in [0.25, 0.3) is 0 Å². The lowest BCUT2D eigenvalue weighted by Crippen LogP contribution is -2.45. The number of carbonyl (C=O) groups is 2. The van der Waals surface area contributed by atoms with Crippen molar-refractivity contribution in [2.45, 2.75) is 238 Å². The van der Waals surface area contributed by atoms with E-state index in [1.807, 2.05) is 0 Å². The van der Waals surface area contributed by atoms with E-state index in [-0.39, 0.29) is 18.5 Å². The van der Waals surface area contributed by atoms with Crippen molar-refractivity contribution in [1.82, 2.24) is 5.32 Å². The summed E-state index contributed by atoms with van der Waals surface area (Å²) in [5, 5.41) is 23.0. The number of ether oxygens (including phenoxy) is 1. The van der Waals surface area contributed by atoms with E-state index in [0.717, 1.165) is 83.5 Å². The standard InChI is InChI=1S/C45H85NO5/c1-3-5-7-9-11-13-15-16-19-23-27-31-35-39-45(50)51-40-36-32-28-24-20-17-18-22-26-30-34-38-44(49)46-42(41-47)43(48)37-33-29-25-21-14-12-10-8-6-4-2/h13,15,20,24,42-43,47-48H,3-12,14,16-19,21-23,25-41H2,1-2H3,(H,46,49)/b15-13-,24-20-. The van der Waals surface area contributed by atoms with E-state index >= 15 is 0 Å². The van der Waals surface area contributed by atoms with Crippen LogP contribution in [0.2, 0.25) is 0 Å². The molecule has 0 saturated heterocycles. The molecule has 51 heavy (non-hydrogen) atoms. The number of allylic oxidation sites excluding steroid dienone is 4. The number of amides is 1. The highest BCUT2D eigenvalue weighted by Crippen LogP contribution is 2.14. The first kappa shape index (κ1) is 49.3. The number of nitrogens with one attached hydrogen (secondary N) is 1. The molecule has 0 rings (SSSR count). The molecule has 2 atom stereocenters. The normalized spacial score (nSPS) is 12.9. The van der Waals surface area contributed by atoms with Gasteiger partial charge in [-0.15, -0.1) is 0 Å². The van der Waals surface area contributed by atoms with E-state index in [1.54, 1.807) is 0 Å². The third-order valence-corrected chi connectivity index (χ3v) is 9.97. The Labute approximate surface area is 316 Å². The van der Waals surface area contributed by atoms with Crippen molar-refractivity contribution in [2.75, 3.05) is 13.2 Å². The van der Waals surface area contributed by atoms with Gasteiger partial charge >= 0.3 is 5.97 Å². The van der Waals surface area contributed by atoms with Crippen molar-refractivity contribution in [3.63, 3.8) is 0 Å². The third-order valence-electron chi connectivity index (χ3n) is 9.97. The molecule has 0 aliphatic carbocycles. The number of rotatable bonds is 40. The molecule has 0 radical (unpaired) electrons. The lowest BCUT2D eigenvalue weighted by atomic mass is 10.0. The summed E-state index contributed by atoms with van der Waals surface area (Å²) in [6, 6.07) is -0.560. The molecule has 0 aromatic carbocycles. The molecule has 6 heteroatoms. The zero-order valence-corrected chi connectivity index (χ0v) is 33.8. The van der Waals surface area contributed by atoms with Gasteiger partial charge in [0.2, 0.25) is 5.91 Å². The van der Waals surface area contributed by atoms with Gasteiger partial charge in [-0.25, -0.2) is 0 Å². The Bertz CT molecular complexity index is 797. The van der Waals surface area contributed by atoms with Gasteiger partial charge in [0.05, 0.1) is 25.4 Å². The van der Waals surface area contributed by atoms with E-state index in [1.165, 1.54) is 109 Å². The second kappa shape index (κ2) is 41.1. The number of carbonyl (C=O) groups excluding carboxylic acids is 2. The van der Waals surface area contributed by atoms with Gasteiger partial charge in [-0.1, -0.05) is 160 Å². The van der Waals surface area contributed by atoms with Crippen molar-refractivity contribution in [1.29, 1.82) is 0 Å². The van der Waals surface area contributed by atoms with Crippen LogP contribution < -0.4 is 5.32 Å². The van der Waals surface area contributed by atoms with Gasteiger partial charge in [0, 0.05) is 12.8 Å². The van der Waals surface area contributed by atoms with Gasteiger partial charge in [-0.05, 0) is 77.0 Å². The molecular formula is C45H85NO5. The van der Waals surface area contributed by atoms with Crippen LogP contribution in [0.4, 0.5) is 0 Å². The summed E-state index contributed by atoms with van der Waals surface area (Å²) in [6.45, 7) is 4.82. The lowest BCUT2D eigenvalue weighted by Gasteiger charge is -2.22. The van der Waals surface area contributed by atoms with E-state index in [0.29, 0.717) is 25.9 Å². The van der Waals surface area contributed by atoms with E-state index < -0.39 is 12.1 Å². The summed E-state index contributed by atoms with van der Waals surface area (Å²) in [5.41, 5.74) is 0. The lowest BCUT2D eigenvalue weighted by molar-refractivity contribution is -0.143. The molecule has 0 aromatic rings. The van der Waals surface area contributed by atoms with E-state index in [2.05, 4.69) is 43.5 Å². The van der Waals surface area contributed by atoms with Crippen LogP contribution in [0.1, 0.15) is 226 Å². The van der Waals surface area contributed by atoms with Crippen LogP contribution in [0, 0.1) is 0 Å². The summed E-state index contributed by atoms with van der Waals surface area (Å²) in [5.74, 6) is -0.109. The number of hydrogen-bond donors (Lipinski definition) is 3. The maximum atomic E-state index is 12.4. The van der Waals surface area contributed by atoms with Gasteiger partial charge in [-0.3, -0.25) is 9.59 Å². The third kappa shape index (κ3) is 37.9. The van der Waals surface area contributed by atoms with E-state index in [4.69, 9.17) is 4.74 Å². The number of aliphatic hydroxyl groups is 2. The molecule has 2 unspecified atom stereocenters. The molecule has 0 bridgehead atoms. The zero-order chi connectivity index (χ0) is 37.3. The van der Waals surface area contributed by atoms with Crippen molar-refractivity contribution < 1.29 is 24.5 Å². The molecule has 0 heterocycles. The molecule has 0 spiro atoms. The zero-order valence-electron chi connectivity index (χ0n) is 33.8. The molecular weight excluding hydrogens is 634 g/mol. The Morgan fingerprint density at radius 1 is 0.529 bits per heavy atom. The van der Waals surface area contributed by atoms with Gasteiger partial charge in [0.15, 0.2) is 0 Å². The molecule has 300 valence electrons. The maximum absolute atomic E-state index is 12.4. The second-order valence-corrected chi connectivity index (χ2v) is 15.0. The fourth-order valence-electron chi connectivity index (χ4n) is 6.51. The highest BCUT2D eigenvalue weighted by atomic mass is 16.5. The first-order chi connectivity index (χ1) is 25.0. The summed E-state index contributed by atoms with van der Waals surface area (Å²) in [7, 11) is 0. The minimum absolute atomic E-state index is 0.0415. The summed E-state index contributed by atoms with van der Waals surface area (Å²) in [6.07, 6.45) is 45.6. The molecule has 0 aromatic heterocycles. The van der Waals surface area contributed by atoms with Gasteiger partial charge in [-0.2, -0.15) is 0 Å². The summed E-state index contributed by atoms with van der Waals surface area (Å²) >= 11 is 0. The molecule has 0 aliphatic heterocycles. The van der Waals surface area contributed by atoms with Crippen LogP contribution in [0.15, 0.2) is 24.3 Å². The molecule has 6 nitrogen and oxygen atoms in total. The molecule has 1 amide bonds.